The summed E-state index contributed by atoms with van der Waals surface area (Å²) < 4.78 is 0. The predicted molar refractivity (Wildman–Crippen MR) is 66.6 cm³/mol. The van der Waals surface area contributed by atoms with Crippen molar-refractivity contribution in [3.05, 3.63) is 41.6 Å². The number of rotatable bonds is 3. The van der Waals surface area contributed by atoms with E-state index in [-0.39, 0.29) is 18.0 Å². The summed E-state index contributed by atoms with van der Waals surface area (Å²) in [6.45, 7) is 0.166. The molecular weight excluding hydrogens is 250 g/mol. The number of urea groups is 1. The van der Waals surface area contributed by atoms with Crippen LogP contribution in [0.5, 0.6) is 0 Å². The van der Waals surface area contributed by atoms with Crippen molar-refractivity contribution < 1.29 is 19.5 Å². The van der Waals surface area contributed by atoms with Crippen molar-refractivity contribution in [2.24, 2.45) is 5.73 Å². The molecule has 7 nitrogen and oxygen atoms in total. The molecule has 2 rings (SSSR count). The number of anilines is 1. The first-order valence-corrected chi connectivity index (χ1v) is 5.40. The number of benzene rings is 1. The largest absolute Gasteiger partial charge is 0.478 e. The van der Waals surface area contributed by atoms with Crippen LogP contribution in [0.25, 0.3) is 0 Å². The van der Waals surface area contributed by atoms with E-state index in [9.17, 15) is 14.4 Å². The predicted octanol–water partition coefficient (Wildman–Crippen LogP) is 0.284. The van der Waals surface area contributed by atoms with Crippen LogP contribution in [-0.2, 0) is 4.79 Å². The summed E-state index contributed by atoms with van der Waals surface area (Å²) in [4.78, 5) is 34.6. The Hall–Kier alpha value is -2.83. The molecule has 0 fully saturated rings. The highest BCUT2D eigenvalue weighted by Crippen LogP contribution is 2.21. The quantitative estimate of drug-likeness (QED) is 0.725. The number of aromatic carboxylic acids is 1. The SMILES string of the molecule is NC(=O)N(C1=CC(=O)NC1)c1cccc(C(=O)O)c1. The van der Waals surface area contributed by atoms with Crippen LogP contribution < -0.4 is 16.0 Å². The second kappa shape index (κ2) is 4.81. The number of primary amides is 1. The van der Waals surface area contributed by atoms with Gasteiger partial charge in [0.05, 0.1) is 23.5 Å². The molecule has 1 aromatic rings. The molecule has 0 saturated carbocycles. The number of nitrogens with zero attached hydrogens (tertiary/aromatic N) is 1. The van der Waals surface area contributed by atoms with E-state index in [0.717, 1.165) is 4.90 Å². The van der Waals surface area contributed by atoms with Crippen LogP contribution in [0.3, 0.4) is 0 Å². The summed E-state index contributed by atoms with van der Waals surface area (Å²) in [5.74, 6) is -1.43. The van der Waals surface area contributed by atoms with Crippen LogP contribution >= 0.6 is 0 Å². The van der Waals surface area contributed by atoms with Crippen LogP contribution in [0.1, 0.15) is 10.4 Å². The standard InChI is InChI=1S/C12H11N3O4/c13-12(19)15(9-5-10(16)14-6-9)8-3-1-2-7(4-8)11(17)18/h1-5H,6H2,(H2,13,19)(H,14,16)(H,17,18). The minimum atomic E-state index is -1.11. The lowest BCUT2D eigenvalue weighted by Crippen LogP contribution is -2.36. The van der Waals surface area contributed by atoms with E-state index in [1.54, 1.807) is 6.07 Å². The Kier molecular flexibility index (Phi) is 3.19. The van der Waals surface area contributed by atoms with E-state index in [2.05, 4.69) is 5.32 Å². The second-order valence-corrected chi connectivity index (χ2v) is 3.88. The molecule has 0 atom stereocenters. The Morgan fingerprint density at radius 1 is 1.37 bits per heavy atom. The average Bonchev–Trinajstić information content (AvgIpc) is 2.75. The molecule has 1 aliphatic heterocycles. The Labute approximate surface area is 108 Å². The molecular formula is C12H11N3O4. The second-order valence-electron chi connectivity index (χ2n) is 3.88. The van der Waals surface area contributed by atoms with Crippen LogP contribution in [-0.4, -0.2) is 29.6 Å². The van der Waals surface area contributed by atoms with Gasteiger partial charge in [0.15, 0.2) is 0 Å². The molecule has 0 bridgehead atoms. The number of amides is 3. The molecule has 7 heteroatoms. The van der Waals surface area contributed by atoms with Gasteiger partial charge in [-0.3, -0.25) is 9.69 Å². The normalized spacial score (nSPS) is 13.7. The summed E-state index contributed by atoms with van der Waals surface area (Å²) >= 11 is 0. The van der Waals surface area contributed by atoms with Gasteiger partial charge < -0.3 is 16.2 Å². The summed E-state index contributed by atoms with van der Waals surface area (Å²) in [5, 5.41) is 11.4. The van der Waals surface area contributed by atoms with E-state index in [4.69, 9.17) is 10.8 Å². The molecule has 0 unspecified atom stereocenters. The van der Waals surface area contributed by atoms with Crippen molar-refractivity contribution in [1.82, 2.24) is 5.32 Å². The van der Waals surface area contributed by atoms with E-state index in [0.29, 0.717) is 11.4 Å². The number of hydrogen-bond donors (Lipinski definition) is 3. The van der Waals surface area contributed by atoms with Gasteiger partial charge in [-0.2, -0.15) is 0 Å². The van der Waals surface area contributed by atoms with Gasteiger partial charge in [0.2, 0.25) is 5.91 Å². The first-order chi connectivity index (χ1) is 8.99. The van der Waals surface area contributed by atoms with Crippen LogP contribution in [0.4, 0.5) is 10.5 Å². The van der Waals surface area contributed by atoms with Gasteiger partial charge in [0.1, 0.15) is 0 Å². The summed E-state index contributed by atoms with van der Waals surface area (Å²) in [5.41, 5.74) is 5.99. The Bertz CT molecular complexity index is 594. The highest BCUT2D eigenvalue weighted by Gasteiger charge is 2.23. The van der Waals surface area contributed by atoms with Crippen LogP contribution in [0, 0.1) is 0 Å². The summed E-state index contributed by atoms with van der Waals surface area (Å²) in [6.07, 6.45) is 1.25. The lowest BCUT2D eigenvalue weighted by atomic mass is 10.2. The molecule has 4 N–H and O–H groups in total. The van der Waals surface area contributed by atoms with E-state index in [1.165, 1.54) is 24.3 Å². The maximum atomic E-state index is 11.5. The minimum Gasteiger partial charge on any atom is -0.478 e. The third-order valence-electron chi connectivity index (χ3n) is 2.60. The van der Waals surface area contributed by atoms with Crippen molar-refractivity contribution >= 4 is 23.6 Å². The Morgan fingerprint density at radius 3 is 2.63 bits per heavy atom. The number of hydrogen-bond acceptors (Lipinski definition) is 3. The van der Waals surface area contributed by atoms with Crippen molar-refractivity contribution in [2.45, 2.75) is 0 Å². The molecule has 0 aliphatic carbocycles. The zero-order chi connectivity index (χ0) is 14.0. The minimum absolute atomic E-state index is 0.0293. The maximum Gasteiger partial charge on any atom is 0.335 e. The lowest BCUT2D eigenvalue weighted by molar-refractivity contribution is -0.115. The Balaban J connectivity index is 2.43. The van der Waals surface area contributed by atoms with Gasteiger partial charge in [0, 0.05) is 6.08 Å². The highest BCUT2D eigenvalue weighted by molar-refractivity contribution is 6.00. The summed E-state index contributed by atoms with van der Waals surface area (Å²) in [6, 6.07) is 4.97. The number of carbonyl (C=O) groups excluding carboxylic acids is 2. The first kappa shape index (κ1) is 12.6. The third-order valence-corrected chi connectivity index (χ3v) is 2.60. The molecule has 0 spiro atoms. The molecule has 1 aliphatic rings. The maximum absolute atomic E-state index is 11.5. The molecule has 0 aromatic heterocycles. The van der Waals surface area contributed by atoms with Gasteiger partial charge in [0.25, 0.3) is 0 Å². The monoisotopic (exact) mass is 261 g/mol. The van der Waals surface area contributed by atoms with Gasteiger partial charge in [-0.05, 0) is 18.2 Å². The third kappa shape index (κ3) is 2.54. The van der Waals surface area contributed by atoms with Gasteiger partial charge in [-0.15, -0.1) is 0 Å². The molecule has 19 heavy (non-hydrogen) atoms. The molecule has 3 amide bonds. The molecule has 0 radical (unpaired) electrons. The topological polar surface area (TPSA) is 113 Å². The van der Waals surface area contributed by atoms with Crippen molar-refractivity contribution in [1.29, 1.82) is 0 Å². The summed E-state index contributed by atoms with van der Waals surface area (Å²) in [7, 11) is 0. The van der Waals surface area contributed by atoms with Crippen molar-refractivity contribution in [3.63, 3.8) is 0 Å². The lowest BCUT2D eigenvalue weighted by Gasteiger charge is -2.21. The molecule has 0 saturated heterocycles. The zero-order valence-electron chi connectivity index (χ0n) is 9.79. The number of carboxylic acids is 1. The number of carbonyl (C=O) groups is 3. The zero-order valence-corrected chi connectivity index (χ0v) is 9.79. The highest BCUT2D eigenvalue weighted by atomic mass is 16.4. The van der Waals surface area contributed by atoms with E-state index in [1.807, 2.05) is 0 Å². The Morgan fingerprint density at radius 2 is 2.11 bits per heavy atom. The van der Waals surface area contributed by atoms with E-state index < -0.39 is 12.0 Å². The van der Waals surface area contributed by atoms with Crippen molar-refractivity contribution in [2.75, 3.05) is 11.4 Å². The molecule has 1 heterocycles. The van der Waals surface area contributed by atoms with Crippen LogP contribution in [0.15, 0.2) is 36.0 Å². The molecule has 98 valence electrons. The van der Waals surface area contributed by atoms with Crippen LogP contribution in [0.2, 0.25) is 0 Å². The van der Waals surface area contributed by atoms with Gasteiger partial charge >= 0.3 is 12.0 Å². The fraction of sp³-hybridized carbons (Fsp3) is 0.0833. The smallest absolute Gasteiger partial charge is 0.335 e. The van der Waals surface area contributed by atoms with Crippen molar-refractivity contribution in [3.8, 4) is 0 Å². The number of carboxylic acid groups (broad SMARTS) is 1. The van der Waals surface area contributed by atoms with Gasteiger partial charge in [-0.25, -0.2) is 9.59 Å². The van der Waals surface area contributed by atoms with Gasteiger partial charge in [-0.1, -0.05) is 6.07 Å². The average molecular weight is 261 g/mol. The first-order valence-electron chi connectivity index (χ1n) is 5.40. The number of nitrogens with one attached hydrogen (secondary N) is 1. The fourth-order valence-corrected chi connectivity index (χ4v) is 1.79. The fourth-order valence-electron chi connectivity index (χ4n) is 1.79. The van der Waals surface area contributed by atoms with E-state index >= 15 is 0 Å². The molecule has 1 aromatic carbocycles. The number of nitrogens with two attached hydrogens (primary N) is 1.